The first-order valence-electron chi connectivity index (χ1n) is 8.37. The summed E-state index contributed by atoms with van der Waals surface area (Å²) in [6, 6.07) is 11.1. The van der Waals surface area contributed by atoms with E-state index in [4.69, 9.17) is 11.6 Å². The summed E-state index contributed by atoms with van der Waals surface area (Å²) in [6.07, 6.45) is 4.50. The van der Waals surface area contributed by atoms with Crippen molar-refractivity contribution < 1.29 is 13.2 Å². The molecule has 3 aromatic rings. The zero-order chi connectivity index (χ0) is 20.1. The summed E-state index contributed by atoms with van der Waals surface area (Å²) < 4.78 is 27.6. The van der Waals surface area contributed by atoms with Crippen LogP contribution in [-0.2, 0) is 10.0 Å². The molecule has 0 atom stereocenters. The number of sulfonamides is 1. The van der Waals surface area contributed by atoms with Gasteiger partial charge < -0.3 is 5.32 Å². The standard InChI is InChI=1S/C19H17ClN4O3S/c1-2-22-19(25)15-8-13(10-21-11-15)14-9-17(18(20)23-12-14)24-28(26,27)16-6-4-3-5-7-16/h3-12,24H,2H2,1H3,(H,22,25). The predicted octanol–water partition coefficient (Wildman–Crippen LogP) is 3.35. The van der Waals surface area contributed by atoms with E-state index in [0.717, 1.165) is 0 Å². The maximum Gasteiger partial charge on any atom is 0.261 e. The highest BCUT2D eigenvalue weighted by molar-refractivity contribution is 7.92. The number of halogens is 1. The Morgan fingerprint density at radius 3 is 2.50 bits per heavy atom. The van der Waals surface area contributed by atoms with Crippen molar-refractivity contribution in [2.24, 2.45) is 0 Å². The first-order chi connectivity index (χ1) is 13.4. The molecule has 1 aromatic carbocycles. The molecule has 2 aromatic heterocycles. The molecule has 7 nitrogen and oxygen atoms in total. The SMILES string of the molecule is CCNC(=O)c1cncc(-c2cnc(Cl)c(NS(=O)(=O)c3ccccc3)c2)c1. The largest absolute Gasteiger partial charge is 0.352 e. The van der Waals surface area contributed by atoms with Crippen molar-refractivity contribution in [2.75, 3.05) is 11.3 Å². The van der Waals surface area contributed by atoms with E-state index in [1.807, 2.05) is 6.92 Å². The number of hydrogen-bond acceptors (Lipinski definition) is 5. The third-order valence-corrected chi connectivity index (χ3v) is 5.49. The van der Waals surface area contributed by atoms with Gasteiger partial charge in [0.15, 0.2) is 5.15 Å². The molecule has 3 rings (SSSR count). The van der Waals surface area contributed by atoms with E-state index in [2.05, 4.69) is 20.0 Å². The van der Waals surface area contributed by atoms with E-state index in [0.29, 0.717) is 23.2 Å². The topological polar surface area (TPSA) is 101 Å². The fraction of sp³-hybridized carbons (Fsp3) is 0.105. The van der Waals surface area contributed by atoms with E-state index >= 15 is 0 Å². The number of amides is 1. The molecule has 1 amide bonds. The van der Waals surface area contributed by atoms with Gasteiger partial charge in [0.1, 0.15) is 0 Å². The lowest BCUT2D eigenvalue weighted by atomic mass is 10.1. The molecule has 0 bridgehead atoms. The maximum atomic E-state index is 12.6. The lowest BCUT2D eigenvalue weighted by Crippen LogP contribution is -2.22. The molecule has 0 aliphatic heterocycles. The van der Waals surface area contributed by atoms with Crippen LogP contribution in [0.2, 0.25) is 5.15 Å². The van der Waals surface area contributed by atoms with Crippen molar-refractivity contribution in [2.45, 2.75) is 11.8 Å². The molecule has 0 fully saturated rings. The molecular formula is C19H17ClN4O3S. The molecule has 9 heteroatoms. The molecule has 2 heterocycles. The Labute approximate surface area is 167 Å². The third kappa shape index (κ3) is 4.47. The quantitative estimate of drug-likeness (QED) is 0.600. The Kier molecular flexibility index (Phi) is 5.91. The number of carbonyl (C=O) groups excluding carboxylic acids is 1. The first kappa shape index (κ1) is 19.8. The molecule has 0 spiro atoms. The highest BCUT2D eigenvalue weighted by Crippen LogP contribution is 2.28. The molecule has 0 saturated heterocycles. The minimum atomic E-state index is -3.82. The molecular weight excluding hydrogens is 400 g/mol. The summed E-state index contributed by atoms with van der Waals surface area (Å²) >= 11 is 6.08. The number of nitrogens with one attached hydrogen (secondary N) is 2. The van der Waals surface area contributed by atoms with Crippen LogP contribution in [0.1, 0.15) is 17.3 Å². The molecule has 0 aliphatic carbocycles. The van der Waals surface area contributed by atoms with Crippen LogP contribution in [0.5, 0.6) is 0 Å². The van der Waals surface area contributed by atoms with Crippen LogP contribution in [0.3, 0.4) is 0 Å². The van der Waals surface area contributed by atoms with Gasteiger partial charge in [-0.3, -0.25) is 14.5 Å². The van der Waals surface area contributed by atoms with Crippen LogP contribution < -0.4 is 10.0 Å². The third-order valence-electron chi connectivity index (χ3n) is 3.81. The fourth-order valence-corrected chi connectivity index (χ4v) is 3.75. The summed E-state index contributed by atoms with van der Waals surface area (Å²) in [7, 11) is -3.82. The number of benzene rings is 1. The summed E-state index contributed by atoms with van der Waals surface area (Å²) in [4.78, 5) is 20.3. The smallest absolute Gasteiger partial charge is 0.261 e. The molecule has 0 radical (unpaired) electrons. The zero-order valence-electron chi connectivity index (χ0n) is 14.9. The van der Waals surface area contributed by atoms with E-state index in [1.54, 1.807) is 36.5 Å². The van der Waals surface area contributed by atoms with Crippen molar-refractivity contribution in [3.8, 4) is 11.1 Å². The van der Waals surface area contributed by atoms with Gasteiger partial charge >= 0.3 is 0 Å². The van der Waals surface area contributed by atoms with Gasteiger partial charge in [-0.2, -0.15) is 0 Å². The van der Waals surface area contributed by atoms with E-state index in [9.17, 15) is 13.2 Å². The van der Waals surface area contributed by atoms with Crippen LogP contribution in [0, 0.1) is 0 Å². The van der Waals surface area contributed by atoms with Crippen LogP contribution in [0.15, 0.2) is 66.0 Å². The van der Waals surface area contributed by atoms with Crippen molar-refractivity contribution >= 4 is 33.2 Å². The van der Waals surface area contributed by atoms with Crippen LogP contribution in [-0.4, -0.2) is 30.8 Å². The number of anilines is 1. The van der Waals surface area contributed by atoms with Crippen molar-refractivity contribution in [1.29, 1.82) is 0 Å². The normalized spacial score (nSPS) is 11.1. The highest BCUT2D eigenvalue weighted by Gasteiger charge is 2.17. The Balaban J connectivity index is 1.94. The van der Waals surface area contributed by atoms with E-state index in [1.165, 1.54) is 24.5 Å². The zero-order valence-corrected chi connectivity index (χ0v) is 16.5. The van der Waals surface area contributed by atoms with E-state index < -0.39 is 10.0 Å². The number of carbonyl (C=O) groups is 1. The second-order valence-electron chi connectivity index (χ2n) is 5.80. The lowest BCUT2D eigenvalue weighted by Gasteiger charge is -2.11. The van der Waals surface area contributed by atoms with Crippen molar-refractivity contribution in [3.05, 3.63) is 71.8 Å². The Bertz CT molecular complexity index is 1110. The fourth-order valence-electron chi connectivity index (χ4n) is 2.47. The van der Waals surface area contributed by atoms with Gasteiger partial charge in [0.25, 0.3) is 15.9 Å². The molecule has 0 saturated carbocycles. The van der Waals surface area contributed by atoms with Crippen LogP contribution in [0.25, 0.3) is 11.1 Å². The van der Waals surface area contributed by atoms with E-state index in [-0.39, 0.29) is 21.6 Å². The summed E-state index contributed by atoms with van der Waals surface area (Å²) in [5.41, 5.74) is 1.69. The average molecular weight is 417 g/mol. The second-order valence-corrected chi connectivity index (χ2v) is 7.84. The second kappa shape index (κ2) is 8.37. The van der Waals surface area contributed by atoms with Gasteiger partial charge in [-0.25, -0.2) is 13.4 Å². The van der Waals surface area contributed by atoms with Gasteiger partial charge in [-0.05, 0) is 31.2 Å². The van der Waals surface area contributed by atoms with Gasteiger partial charge in [-0.1, -0.05) is 29.8 Å². The Morgan fingerprint density at radius 1 is 1.07 bits per heavy atom. The molecule has 0 unspecified atom stereocenters. The summed E-state index contributed by atoms with van der Waals surface area (Å²) in [5, 5.41) is 2.71. The van der Waals surface area contributed by atoms with Gasteiger partial charge in [0.05, 0.1) is 16.1 Å². The molecule has 28 heavy (non-hydrogen) atoms. The van der Waals surface area contributed by atoms with Gasteiger partial charge in [-0.15, -0.1) is 0 Å². The predicted molar refractivity (Wildman–Crippen MR) is 108 cm³/mol. The Morgan fingerprint density at radius 2 is 1.79 bits per heavy atom. The Hall–Kier alpha value is -2.97. The minimum absolute atomic E-state index is 0.0103. The minimum Gasteiger partial charge on any atom is -0.352 e. The van der Waals surface area contributed by atoms with Crippen LogP contribution in [0.4, 0.5) is 5.69 Å². The highest BCUT2D eigenvalue weighted by atomic mass is 35.5. The average Bonchev–Trinajstić information content (AvgIpc) is 2.70. The van der Waals surface area contributed by atoms with Gasteiger partial charge in [0.2, 0.25) is 0 Å². The number of nitrogens with zero attached hydrogens (tertiary/aromatic N) is 2. The monoisotopic (exact) mass is 416 g/mol. The molecule has 144 valence electrons. The summed E-state index contributed by atoms with van der Waals surface area (Å²) in [5.74, 6) is -0.247. The first-order valence-corrected chi connectivity index (χ1v) is 10.2. The van der Waals surface area contributed by atoms with Crippen molar-refractivity contribution in [3.63, 3.8) is 0 Å². The number of aromatic nitrogens is 2. The van der Waals surface area contributed by atoms with Crippen molar-refractivity contribution in [1.82, 2.24) is 15.3 Å². The number of pyridine rings is 2. The number of rotatable bonds is 6. The summed E-state index contributed by atoms with van der Waals surface area (Å²) in [6.45, 7) is 2.32. The number of hydrogen-bond donors (Lipinski definition) is 2. The lowest BCUT2D eigenvalue weighted by molar-refractivity contribution is 0.0955. The maximum absolute atomic E-state index is 12.6. The van der Waals surface area contributed by atoms with Gasteiger partial charge in [0, 0.05) is 36.3 Å². The van der Waals surface area contributed by atoms with Crippen LogP contribution >= 0.6 is 11.6 Å². The molecule has 2 N–H and O–H groups in total. The molecule has 0 aliphatic rings.